The van der Waals surface area contributed by atoms with Crippen molar-refractivity contribution in [3.8, 4) is 0 Å². The Kier molecular flexibility index (Phi) is 23.2. The number of aromatic nitrogens is 2. The Morgan fingerprint density at radius 1 is 0.816 bits per heavy atom. The van der Waals surface area contributed by atoms with Crippen molar-refractivity contribution in [1.82, 2.24) is 14.5 Å². The number of aliphatic hydroxyl groups is 2. The third kappa shape index (κ3) is 18.4. The average Bonchev–Trinajstić information content (AvgIpc) is 3.37. The first kappa shape index (κ1) is 43.5. The second kappa shape index (κ2) is 26.2. The first-order chi connectivity index (χ1) is 23.7. The second-order valence-corrected chi connectivity index (χ2v) is 14.9. The minimum Gasteiger partial charge on any atom is -0.387 e. The van der Waals surface area contributed by atoms with Crippen LogP contribution in [0.2, 0.25) is 0 Å². The van der Waals surface area contributed by atoms with Crippen molar-refractivity contribution in [1.29, 1.82) is 0 Å². The normalized spacial score (nSPS) is 20.7. The molecule has 1 fully saturated rings. The number of ether oxygens (including phenoxy) is 1. The van der Waals surface area contributed by atoms with Crippen LogP contribution in [0.4, 0.5) is 5.82 Å². The molecule has 2 rings (SSSR count). The monoisotopic (exact) mass is 714 g/mol. The van der Waals surface area contributed by atoms with Crippen LogP contribution in [-0.2, 0) is 18.3 Å². The highest BCUT2D eigenvalue weighted by atomic mass is 31.2. The van der Waals surface area contributed by atoms with E-state index in [1.54, 1.807) is 6.34 Å². The quantitative estimate of drug-likeness (QED) is 0.0311. The van der Waals surface area contributed by atoms with Gasteiger partial charge in [0.15, 0.2) is 12.0 Å². The van der Waals surface area contributed by atoms with Crippen LogP contribution in [0.1, 0.15) is 155 Å². The minimum atomic E-state index is -4.39. The Balaban J connectivity index is 1.64. The van der Waals surface area contributed by atoms with Crippen molar-refractivity contribution in [3.63, 3.8) is 0 Å². The van der Waals surface area contributed by atoms with Crippen molar-refractivity contribution in [2.45, 2.75) is 174 Å². The van der Waals surface area contributed by atoms with E-state index in [-0.39, 0.29) is 12.4 Å². The van der Waals surface area contributed by atoms with Gasteiger partial charge in [0.2, 0.25) is 0 Å². The molecule has 5 atom stereocenters. The highest BCUT2D eigenvalue weighted by Crippen LogP contribution is 2.44. The molecule has 1 aliphatic rings. The molecule has 3 N–H and O–H groups in total. The van der Waals surface area contributed by atoms with E-state index < -0.39 is 44.7 Å². The van der Waals surface area contributed by atoms with Gasteiger partial charge in [0.05, 0.1) is 19.6 Å². The highest BCUT2D eigenvalue weighted by molar-refractivity contribution is 7.47. The van der Waals surface area contributed by atoms with Gasteiger partial charge in [0, 0.05) is 19.3 Å². The predicted octanol–water partition coefficient (Wildman–Crippen LogP) is 7.82. The molecular formula is C36H67N4O8P. The maximum absolute atomic E-state index is 12.8. The summed E-state index contributed by atoms with van der Waals surface area (Å²) in [5, 5.41) is 21.1. The summed E-state index contributed by atoms with van der Waals surface area (Å²) in [5.74, 6) is 0.217. The predicted molar refractivity (Wildman–Crippen MR) is 195 cm³/mol. The van der Waals surface area contributed by atoms with E-state index in [2.05, 4.69) is 35.6 Å². The topological polar surface area (TPSA) is 156 Å². The van der Waals surface area contributed by atoms with E-state index in [9.17, 15) is 24.5 Å². The number of aliphatic imine (C=N–C) groups is 1. The lowest BCUT2D eigenvalue weighted by Gasteiger charge is -2.19. The molecule has 0 aliphatic carbocycles. The van der Waals surface area contributed by atoms with Crippen LogP contribution in [0.15, 0.2) is 22.1 Å². The Morgan fingerprint density at radius 2 is 1.33 bits per heavy atom. The molecular weight excluding hydrogens is 647 g/mol. The summed E-state index contributed by atoms with van der Waals surface area (Å²) in [6, 6.07) is 1.52. The van der Waals surface area contributed by atoms with E-state index in [0.29, 0.717) is 6.42 Å². The van der Waals surface area contributed by atoms with Crippen molar-refractivity contribution in [2.24, 2.45) is 4.99 Å². The molecule has 2 heterocycles. The summed E-state index contributed by atoms with van der Waals surface area (Å²) >= 11 is 0. The first-order valence-electron chi connectivity index (χ1n) is 19.2. The summed E-state index contributed by atoms with van der Waals surface area (Å²) in [4.78, 5) is 33.4. The molecule has 284 valence electrons. The van der Waals surface area contributed by atoms with Gasteiger partial charge in [-0.1, -0.05) is 130 Å². The van der Waals surface area contributed by atoms with Gasteiger partial charge in [-0.25, -0.2) is 14.4 Å². The summed E-state index contributed by atoms with van der Waals surface area (Å²) in [7, 11) is -4.39. The number of nitrogens with zero attached hydrogens (tertiary/aromatic N) is 4. The molecule has 1 aromatic rings. The van der Waals surface area contributed by atoms with Gasteiger partial charge in [0.25, 0.3) is 0 Å². The number of hydrogen-bond acceptors (Lipinski definition) is 9. The Bertz CT molecular complexity index is 1110. The van der Waals surface area contributed by atoms with E-state index >= 15 is 0 Å². The molecule has 1 aromatic heterocycles. The Morgan fingerprint density at radius 3 is 1.84 bits per heavy atom. The molecule has 0 radical (unpaired) electrons. The van der Waals surface area contributed by atoms with Crippen molar-refractivity contribution < 1.29 is 33.5 Å². The number of rotatable bonds is 30. The molecule has 2 unspecified atom stereocenters. The number of phosphoric ester groups is 1. The minimum absolute atomic E-state index is 0.0798. The SMILES string of the molecule is CCCCCCCCCCCCCCCCCCOP(=O)(O)OC[C@H]1O[C@@H](n2ccc(N=CN(CCCC)CCCC)nc2=O)C(O)[C@H]1O. The summed E-state index contributed by atoms with van der Waals surface area (Å²) < 4.78 is 29.3. The molecule has 1 saturated heterocycles. The van der Waals surface area contributed by atoms with Gasteiger partial charge in [-0.2, -0.15) is 4.98 Å². The van der Waals surface area contributed by atoms with Crippen LogP contribution in [-0.4, -0.2) is 80.5 Å². The van der Waals surface area contributed by atoms with Gasteiger partial charge in [-0.3, -0.25) is 13.6 Å². The van der Waals surface area contributed by atoms with Gasteiger partial charge in [-0.15, -0.1) is 0 Å². The zero-order chi connectivity index (χ0) is 35.7. The summed E-state index contributed by atoms with van der Waals surface area (Å²) in [5.41, 5.74) is -0.712. The first-order valence-corrected chi connectivity index (χ1v) is 20.7. The second-order valence-electron chi connectivity index (χ2n) is 13.4. The Hall–Kier alpha value is -1.66. The number of hydrogen-bond donors (Lipinski definition) is 3. The smallest absolute Gasteiger partial charge is 0.387 e. The van der Waals surface area contributed by atoms with Crippen molar-refractivity contribution in [3.05, 3.63) is 22.7 Å². The lowest BCUT2D eigenvalue weighted by Crippen LogP contribution is -2.36. The highest BCUT2D eigenvalue weighted by Gasteiger charge is 2.45. The fourth-order valence-corrected chi connectivity index (χ4v) is 6.66. The number of phosphoric acid groups is 1. The lowest BCUT2D eigenvalue weighted by atomic mass is 10.0. The van der Waals surface area contributed by atoms with Crippen LogP contribution >= 0.6 is 7.82 Å². The number of unbranched alkanes of at least 4 members (excludes halogenated alkanes) is 17. The molecule has 12 nitrogen and oxygen atoms in total. The van der Waals surface area contributed by atoms with Crippen LogP contribution in [0, 0.1) is 0 Å². The molecule has 0 aromatic carbocycles. The van der Waals surface area contributed by atoms with Crippen LogP contribution in [0.5, 0.6) is 0 Å². The van der Waals surface area contributed by atoms with Gasteiger partial charge >= 0.3 is 13.5 Å². The zero-order valence-electron chi connectivity index (χ0n) is 30.6. The van der Waals surface area contributed by atoms with Crippen LogP contribution < -0.4 is 5.69 Å². The van der Waals surface area contributed by atoms with Gasteiger partial charge < -0.3 is 24.7 Å². The molecule has 0 saturated carbocycles. The molecule has 1 aliphatic heterocycles. The fraction of sp³-hybridized carbons (Fsp3) is 0.861. The van der Waals surface area contributed by atoms with E-state index in [4.69, 9.17) is 13.8 Å². The average molecular weight is 715 g/mol. The van der Waals surface area contributed by atoms with E-state index in [0.717, 1.165) is 62.6 Å². The standard InChI is InChI=1S/C36H67N4O8P/c1-4-7-10-11-12-13-14-15-16-17-18-19-20-21-22-23-28-46-49(44,45)47-29-31-33(41)34(42)35(48-31)40-27-24-32(38-36(40)43)37-30-39(25-8-5-2)26-9-6-3/h24,27,30-31,33-35,41-42H,4-23,25-26,28-29H2,1-3H3,(H,44,45)/t31-,33+,34?,35-/m1/s1. The third-order valence-electron chi connectivity index (χ3n) is 9.03. The lowest BCUT2D eigenvalue weighted by molar-refractivity contribution is -0.0551. The van der Waals surface area contributed by atoms with Crippen LogP contribution in [0.25, 0.3) is 0 Å². The number of aliphatic hydroxyl groups excluding tert-OH is 2. The summed E-state index contributed by atoms with van der Waals surface area (Å²) in [6.45, 7) is 7.82. The van der Waals surface area contributed by atoms with Crippen molar-refractivity contribution >= 4 is 20.0 Å². The van der Waals surface area contributed by atoms with Gasteiger partial charge in [-0.05, 0) is 25.3 Å². The molecule has 13 heteroatoms. The van der Waals surface area contributed by atoms with Gasteiger partial charge in [0.1, 0.15) is 18.3 Å². The van der Waals surface area contributed by atoms with Crippen LogP contribution in [0.3, 0.4) is 0 Å². The fourth-order valence-electron chi connectivity index (χ4n) is 5.89. The molecule has 49 heavy (non-hydrogen) atoms. The largest absolute Gasteiger partial charge is 0.472 e. The molecule has 0 bridgehead atoms. The third-order valence-corrected chi connectivity index (χ3v) is 10.0. The van der Waals surface area contributed by atoms with E-state index in [1.165, 1.54) is 89.3 Å². The maximum atomic E-state index is 12.8. The summed E-state index contributed by atoms with van der Waals surface area (Å²) in [6.07, 6.45) is 21.7. The van der Waals surface area contributed by atoms with E-state index in [1.807, 2.05) is 0 Å². The van der Waals surface area contributed by atoms with Crippen molar-refractivity contribution in [2.75, 3.05) is 26.3 Å². The molecule has 0 spiro atoms. The zero-order valence-corrected chi connectivity index (χ0v) is 31.5. The Labute approximate surface area is 295 Å². The maximum Gasteiger partial charge on any atom is 0.472 e. The molecule has 0 amide bonds.